The minimum atomic E-state index is 1.15. The van der Waals surface area contributed by atoms with E-state index in [1.165, 1.54) is 9.79 Å². The van der Waals surface area contributed by atoms with Crippen molar-refractivity contribution in [2.75, 3.05) is 0 Å². The second-order valence-corrected chi connectivity index (χ2v) is 6.44. The maximum absolute atomic E-state index is 3.47. The molecule has 0 aromatic heterocycles. The largest absolute Gasteiger partial charge is 0.0894 e. The highest BCUT2D eigenvalue weighted by Crippen LogP contribution is 2.32. The van der Waals surface area contributed by atoms with Gasteiger partial charge in [0.2, 0.25) is 0 Å². The van der Waals surface area contributed by atoms with Gasteiger partial charge in [0.05, 0.1) is 0 Å². The minimum absolute atomic E-state index is 1.15. The molecule has 0 saturated heterocycles. The Bertz CT molecular complexity index is 607. The van der Waals surface area contributed by atoms with Crippen LogP contribution in [0.2, 0.25) is 0 Å². The van der Waals surface area contributed by atoms with E-state index < -0.39 is 0 Å². The molecule has 2 heteroatoms. The molecule has 0 nitrogen and oxygen atoms in total. The Labute approximate surface area is 128 Å². The van der Waals surface area contributed by atoms with E-state index in [1.54, 1.807) is 23.5 Å². The molecule has 0 heterocycles. The molecule has 0 N–H and O–H groups in total. The van der Waals surface area contributed by atoms with E-state index >= 15 is 0 Å². The molecule has 0 amide bonds. The van der Waals surface area contributed by atoms with Crippen molar-refractivity contribution in [1.29, 1.82) is 0 Å². The molecule has 0 fully saturated rings. The average molecular weight is 293 g/mol. The SMILES string of the molecule is [c]1c(Sc2ccccc2)cccc1Sc1ccccc1. The first kappa shape index (κ1) is 13.3. The van der Waals surface area contributed by atoms with Crippen LogP contribution in [0, 0.1) is 6.07 Å². The third-order valence-electron chi connectivity index (χ3n) is 2.68. The average Bonchev–Trinajstić information content (AvgIpc) is 2.50. The Morgan fingerprint density at radius 2 is 0.950 bits per heavy atom. The fraction of sp³-hybridized carbons (Fsp3) is 0. The standard InChI is InChI=1S/C18H13S2/c1-3-8-15(9-4-1)19-17-12-7-13-18(14-17)20-16-10-5-2-6-11-16/h1-13H. The predicted molar refractivity (Wildman–Crippen MR) is 86.4 cm³/mol. The van der Waals surface area contributed by atoms with Gasteiger partial charge in [-0.3, -0.25) is 0 Å². The fourth-order valence-electron chi connectivity index (χ4n) is 1.78. The highest BCUT2D eigenvalue weighted by molar-refractivity contribution is 8.00. The van der Waals surface area contributed by atoms with Crippen LogP contribution >= 0.6 is 23.5 Å². The summed E-state index contributed by atoms with van der Waals surface area (Å²) < 4.78 is 0. The molecule has 0 aliphatic rings. The van der Waals surface area contributed by atoms with Crippen LogP contribution in [0.3, 0.4) is 0 Å². The summed E-state index contributed by atoms with van der Waals surface area (Å²) in [6, 6.07) is 30.6. The maximum atomic E-state index is 3.47. The zero-order valence-corrected chi connectivity index (χ0v) is 12.5. The van der Waals surface area contributed by atoms with Crippen molar-refractivity contribution >= 4 is 23.5 Å². The molecule has 0 unspecified atom stereocenters. The zero-order chi connectivity index (χ0) is 13.6. The van der Waals surface area contributed by atoms with Crippen molar-refractivity contribution in [3.05, 3.63) is 84.9 Å². The normalized spacial score (nSPS) is 10.4. The van der Waals surface area contributed by atoms with Gasteiger partial charge >= 0.3 is 0 Å². The summed E-state index contributed by atoms with van der Waals surface area (Å²) in [5.74, 6) is 0. The van der Waals surface area contributed by atoms with Crippen LogP contribution in [-0.2, 0) is 0 Å². The molecular formula is C18H13S2. The van der Waals surface area contributed by atoms with Crippen molar-refractivity contribution in [2.45, 2.75) is 19.6 Å². The number of benzene rings is 3. The number of hydrogen-bond donors (Lipinski definition) is 0. The minimum Gasteiger partial charge on any atom is -0.0894 e. The summed E-state index contributed by atoms with van der Waals surface area (Å²) >= 11 is 3.49. The van der Waals surface area contributed by atoms with Crippen molar-refractivity contribution in [3.8, 4) is 0 Å². The molecule has 3 rings (SSSR count). The monoisotopic (exact) mass is 293 g/mol. The molecule has 3 aromatic rings. The van der Waals surface area contributed by atoms with Gasteiger partial charge < -0.3 is 0 Å². The summed E-state index contributed by atoms with van der Waals surface area (Å²) in [7, 11) is 0. The van der Waals surface area contributed by atoms with Crippen molar-refractivity contribution in [3.63, 3.8) is 0 Å². The van der Waals surface area contributed by atoms with E-state index in [2.05, 4.69) is 72.8 Å². The lowest BCUT2D eigenvalue weighted by Crippen LogP contribution is -1.77. The highest BCUT2D eigenvalue weighted by atomic mass is 32.2. The lowest BCUT2D eigenvalue weighted by atomic mass is 10.4. The van der Waals surface area contributed by atoms with Crippen LogP contribution in [0.15, 0.2) is 98.4 Å². The Kier molecular flexibility index (Phi) is 4.46. The smallest absolute Gasteiger partial charge is 0.0213 e. The summed E-state index contributed by atoms with van der Waals surface area (Å²) in [6.45, 7) is 0. The van der Waals surface area contributed by atoms with Gasteiger partial charge in [0, 0.05) is 25.6 Å². The molecule has 3 aromatic carbocycles. The Balaban J connectivity index is 1.76. The number of rotatable bonds is 4. The Hall–Kier alpha value is -1.64. The Morgan fingerprint density at radius 3 is 1.40 bits per heavy atom. The van der Waals surface area contributed by atoms with Gasteiger partial charge in [-0.25, -0.2) is 0 Å². The van der Waals surface area contributed by atoms with Gasteiger partial charge in [-0.2, -0.15) is 0 Å². The van der Waals surface area contributed by atoms with E-state index in [9.17, 15) is 0 Å². The van der Waals surface area contributed by atoms with E-state index in [1.807, 2.05) is 12.1 Å². The number of hydrogen-bond acceptors (Lipinski definition) is 2. The highest BCUT2D eigenvalue weighted by Gasteiger charge is 2.01. The zero-order valence-electron chi connectivity index (χ0n) is 10.8. The second-order valence-electron chi connectivity index (χ2n) is 4.21. The molecule has 0 bridgehead atoms. The topological polar surface area (TPSA) is 0 Å². The van der Waals surface area contributed by atoms with Gasteiger partial charge in [-0.05, 0) is 36.4 Å². The van der Waals surface area contributed by atoms with Crippen LogP contribution in [-0.4, -0.2) is 0 Å². The molecule has 0 saturated carbocycles. The fourth-order valence-corrected chi connectivity index (χ4v) is 3.55. The van der Waals surface area contributed by atoms with Crippen molar-refractivity contribution in [2.24, 2.45) is 0 Å². The molecular weight excluding hydrogens is 280 g/mol. The molecule has 0 aliphatic carbocycles. The molecule has 0 atom stereocenters. The first-order chi connectivity index (χ1) is 9.90. The predicted octanol–water partition coefficient (Wildman–Crippen LogP) is 5.79. The maximum Gasteiger partial charge on any atom is 0.0213 e. The molecule has 1 radical (unpaired) electrons. The summed E-state index contributed by atoms with van der Waals surface area (Å²) in [5.41, 5.74) is 0. The third kappa shape index (κ3) is 3.69. The van der Waals surface area contributed by atoms with E-state index in [-0.39, 0.29) is 0 Å². The van der Waals surface area contributed by atoms with Crippen LogP contribution in [0.25, 0.3) is 0 Å². The molecule has 97 valence electrons. The molecule has 0 aliphatic heterocycles. The summed E-state index contributed by atoms with van der Waals surface area (Å²) in [5, 5.41) is 0. The molecule has 0 spiro atoms. The second kappa shape index (κ2) is 6.69. The van der Waals surface area contributed by atoms with Crippen LogP contribution in [0.5, 0.6) is 0 Å². The quantitative estimate of drug-likeness (QED) is 0.597. The lowest BCUT2D eigenvalue weighted by Gasteiger charge is -2.04. The van der Waals surface area contributed by atoms with E-state index in [4.69, 9.17) is 0 Å². The van der Waals surface area contributed by atoms with Gasteiger partial charge in [-0.1, -0.05) is 66.0 Å². The van der Waals surface area contributed by atoms with Gasteiger partial charge in [-0.15, -0.1) is 0 Å². The third-order valence-corrected chi connectivity index (χ3v) is 4.62. The van der Waals surface area contributed by atoms with Crippen LogP contribution in [0.1, 0.15) is 0 Å². The van der Waals surface area contributed by atoms with E-state index in [0.717, 1.165) is 9.79 Å². The van der Waals surface area contributed by atoms with Crippen LogP contribution < -0.4 is 0 Å². The Morgan fingerprint density at radius 1 is 0.500 bits per heavy atom. The van der Waals surface area contributed by atoms with Gasteiger partial charge in [0.1, 0.15) is 0 Å². The van der Waals surface area contributed by atoms with Crippen LogP contribution in [0.4, 0.5) is 0 Å². The van der Waals surface area contributed by atoms with Gasteiger partial charge in [0.15, 0.2) is 0 Å². The van der Waals surface area contributed by atoms with Gasteiger partial charge in [0.25, 0.3) is 0 Å². The summed E-state index contributed by atoms with van der Waals surface area (Å²) in [6.07, 6.45) is 0. The first-order valence-electron chi connectivity index (χ1n) is 6.38. The van der Waals surface area contributed by atoms with Crippen molar-refractivity contribution in [1.82, 2.24) is 0 Å². The van der Waals surface area contributed by atoms with E-state index in [0.29, 0.717) is 0 Å². The molecule has 20 heavy (non-hydrogen) atoms. The lowest BCUT2D eigenvalue weighted by molar-refractivity contribution is 1.29. The van der Waals surface area contributed by atoms with Crippen molar-refractivity contribution < 1.29 is 0 Å². The summed E-state index contributed by atoms with van der Waals surface area (Å²) in [4.78, 5) is 4.78. The first-order valence-corrected chi connectivity index (χ1v) is 8.01.